The summed E-state index contributed by atoms with van der Waals surface area (Å²) in [6.07, 6.45) is 6.77. The van der Waals surface area contributed by atoms with Gasteiger partial charge in [-0.25, -0.2) is 4.98 Å². The highest BCUT2D eigenvalue weighted by Crippen LogP contribution is 2.35. The first-order chi connectivity index (χ1) is 10.2. The van der Waals surface area contributed by atoms with Crippen molar-refractivity contribution in [3.05, 3.63) is 23.9 Å². The van der Waals surface area contributed by atoms with Crippen molar-refractivity contribution in [1.29, 1.82) is 0 Å². The van der Waals surface area contributed by atoms with Gasteiger partial charge < -0.3 is 10.1 Å². The van der Waals surface area contributed by atoms with Gasteiger partial charge in [0.2, 0.25) is 0 Å². The van der Waals surface area contributed by atoms with E-state index in [1.807, 2.05) is 0 Å². The van der Waals surface area contributed by atoms with Crippen LogP contribution in [-0.2, 0) is 9.53 Å². The van der Waals surface area contributed by atoms with Crippen LogP contribution in [0.4, 0.5) is 0 Å². The predicted molar refractivity (Wildman–Crippen MR) is 81.3 cm³/mol. The lowest BCUT2D eigenvalue weighted by Crippen LogP contribution is -2.27. The number of aromatic nitrogens is 1. The molecule has 21 heavy (non-hydrogen) atoms. The van der Waals surface area contributed by atoms with Crippen molar-refractivity contribution in [2.24, 2.45) is 0 Å². The van der Waals surface area contributed by atoms with Crippen LogP contribution in [0.25, 0.3) is 0 Å². The van der Waals surface area contributed by atoms with Gasteiger partial charge in [0.15, 0.2) is 0 Å². The van der Waals surface area contributed by atoms with Gasteiger partial charge in [-0.2, -0.15) is 0 Å². The summed E-state index contributed by atoms with van der Waals surface area (Å²) in [5, 5.41) is 4.07. The molecule has 1 aliphatic carbocycles. The molecule has 0 aromatic carbocycles. The van der Waals surface area contributed by atoms with E-state index in [1.54, 1.807) is 30.1 Å². The van der Waals surface area contributed by atoms with Crippen LogP contribution >= 0.6 is 11.8 Å². The molecule has 1 N–H and O–H groups in total. The zero-order valence-corrected chi connectivity index (χ0v) is 12.9. The van der Waals surface area contributed by atoms with Crippen molar-refractivity contribution in [1.82, 2.24) is 10.3 Å². The number of nitrogens with zero attached hydrogens (tertiary/aromatic N) is 1. The number of ether oxygens (including phenoxy) is 1. The van der Waals surface area contributed by atoms with E-state index in [0.29, 0.717) is 10.8 Å². The second kappa shape index (κ2) is 8.02. The molecule has 0 aliphatic heterocycles. The number of amides is 1. The fourth-order valence-electron chi connectivity index (χ4n) is 2.30. The van der Waals surface area contributed by atoms with E-state index in [-0.39, 0.29) is 24.8 Å². The molecule has 1 aliphatic rings. The highest BCUT2D eigenvalue weighted by molar-refractivity contribution is 7.99. The van der Waals surface area contributed by atoms with Gasteiger partial charge in [-0.05, 0) is 25.0 Å². The van der Waals surface area contributed by atoms with Gasteiger partial charge in [-0.15, -0.1) is 11.8 Å². The van der Waals surface area contributed by atoms with Crippen molar-refractivity contribution in [2.45, 2.75) is 42.4 Å². The minimum Gasteiger partial charge on any atom is -0.469 e. The molecule has 1 aromatic rings. The molecule has 5 nitrogen and oxygen atoms in total. The molecule has 1 fully saturated rings. The van der Waals surface area contributed by atoms with Crippen LogP contribution < -0.4 is 5.32 Å². The SMILES string of the molecule is COC(=O)CCNC(=O)c1cccnc1SC1CCCC1. The molecule has 0 saturated heterocycles. The third-order valence-electron chi connectivity index (χ3n) is 3.44. The van der Waals surface area contributed by atoms with Crippen molar-refractivity contribution in [3.8, 4) is 0 Å². The van der Waals surface area contributed by atoms with Crippen molar-refractivity contribution < 1.29 is 14.3 Å². The van der Waals surface area contributed by atoms with Crippen LogP contribution in [0.5, 0.6) is 0 Å². The first-order valence-electron chi connectivity index (χ1n) is 7.17. The summed E-state index contributed by atoms with van der Waals surface area (Å²) in [4.78, 5) is 27.6. The Morgan fingerprint density at radius 2 is 2.19 bits per heavy atom. The number of methoxy groups -OCH3 is 1. The zero-order chi connectivity index (χ0) is 15.1. The summed E-state index contributed by atoms with van der Waals surface area (Å²) < 4.78 is 4.54. The Hall–Kier alpha value is -1.56. The number of hydrogen-bond acceptors (Lipinski definition) is 5. The first kappa shape index (κ1) is 15.8. The maximum atomic E-state index is 12.2. The maximum Gasteiger partial charge on any atom is 0.307 e. The molecule has 0 radical (unpaired) electrons. The molecular weight excluding hydrogens is 288 g/mol. The monoisotopic (exact) mass is 308 g/mol. The van der Waals surface area contributed by atoms with Crippen LogP contribution in [0, 0.1) is 0 Å². The number of carbonyl (C=O) groups is 2. The molecule has 2 rings (SSSR count). The molecule has 0 atom stereocenters. The van der Waals surface area contributed by atoms with Crippen LogP contribution in [0.3, 0.4) is 0 Å². The molecule has 0 bridgehead atoms. The fraction of sp³-hybridized carbons (Fsp3) is 0.533. The Kier molecular flexibility index (Phi) is 6.04. The molecule has 1 heterocycles. The van der Waals surface area contributed by atoms with Gasteiger partial charge in [0, 0.05) is 18.0 Å². The normalized spacial score (nSPS) is 14.9. The second-order valence-electron chi connectivity index (χ2n) is 4.96. The Balaban J connectivity index is 1.94. The molecule has 1 aromatic heterocycles. The molecule has 1 amide bonds. The first-order valence-corrected chi connectivity index (χ1v) is 8.05. The molecule has 6 heteroatoms. The summed E-state index contributed by atoms with van der Waals surface area (Å²) in [6, 6.07) is 3.53. The number of nitrogens with one attached hydrogen (secondary N) is 1. The molecule has 114 valence electrons. The van der Waals surface area contributed by atoms with Crippen LogP contribution in [0.15, 0.2) is 23.4 Å². The lowest BCUT2D eigenvalue weighted by atomic mass is 10.2. The number of hydrogen-bond donors (Lipinski definition) is 1. The minimum absolute atomic E-state index is 0.174. The maximum absolute atomic E-state index is 12.2. The summed E-state index contributed by atoms with van der Waals surface area (Å²) in [5.74, 6) is -0.519. The smallest absolute Gasteiger partial charge is 0.307 e. The number of thioether (sulfide) groups is 1. The Morgan fingerprint density at radius 3 is 2.90 bits per heavy atom. The number of carbonyl (C=O) groups excluding carboxylic acids is 2. The Labute approximate surface area is 128 Å². The molecular formula is C15H20N2O3S. The summed E-state index contributed by atoms with van der Waals surface area (Å²) in [6.45, 7) is 0.272. The van der Waals surface area contributed by atoms with Crippen molar-refractivity contribution in [2.75, 3.05) is 13.7 Å². The largest absolute Gasteiger partial charge is 0.469 e. The Bertz CT molecular complexity index is 501. The number of rotatable bonds is 6. The second-order valence-corrected chi connectivity index (χ2v) is 6.25. The van der Waals surface area contributed by atoms with Gasteiger partial charge >= 0.3 is 5.97 Å². The highest BCUT2D eigenvalue weighted by Gasteiger charge is 2.20. The number of pyridine rings is 1. The van der Waals surface area contributed by atoms with Gasteiger partial charge in [-0.1, -0.05) is 12.8 Å². The van der Waals surface area contributed by atoms with E-state index in [1.165, 1.54) is 32.8 Å². The lowest BCUT2D eigenvalue weighted by Gasteiger charge is -2.12. The highest BCUT2D eigenvalue weighted by atomic mass is 32.2. The topological polar surface area (TPSA) is 68.3 Å². The van der Waals surface area contributed by atoms with Gasteiger partial charge in [0.05, 0.1) is 19.1 Å². The average molecular weight is 308 g/mol. The van der Waals surface area contributed by atoms with Crippen molar-refractivity contribution in [3.63, 3.8) is 0 Å². The van der Waals surface area contributed by atoms with Gasteiger partial charge in [0.25, 0.3) is 5.91 Å². The quantitative estimate of drug-likeness (QED) is 0.817. The average Bonchev–Trinajstić information content (AvgIpc) is 3.00. The van der Waals surface area contributed by atoms with Gasteiger partial charge in [0.1, 0.15) is 5.03 Å². The minimum atomic E-state index is -0.331. The van der Waals surface area contributed by atoms with E-state index in [4.69, 9.17) is 0 Å². The Morgan fingerprint density at radius 1 is 1.43 bits per heavy atom. The predicted octanol–water partition coefficient (Wildman–Crippen LogP) is 2.41. The van der Waals surface area contributed by atoms with Gasteiger partial charge in [-0.3, -0.25) is 9.59 Å². The lowest BCUT2D eigenvalue weighted by molar-refractivity contribution is -0.140. The third-order valence-corrected chi connectivity index (χ3v) is 4.79. The standard InChI is InChI=1S/C15H20N2O3S/c1-20-13(18)8-10-16-14(19)12-7-4-9-17-15(12)21-11-5-2-3-6-11/h4,7,9,11H,2-3,5-6,8,10H2,1H3,(H,16,19). The zero-order valence-electron chi connectivity index (χ0n) is 12.1. The molecule has 0 unspecified atom stereocenters. The molecule has 1 saturated carbocycles. The van der Waals surface area contributed by atoms with Crippen molar-refractivity contribution >= 4 is 23.6 Å². The fourth-order valence-corrected chi connectivity index (χ4v) is 3.59. The van der Waals surface area contributed by atoms with Crippen LogP contribution in [0.2, 0.25) is 0 Å². The number of esters is 1. The van der Waals surface area contributed by atoms with E-state index in [9.17, 15) is 9.59 Å². The van der Waals surface area contributed by atoms with E-state index in [2.05, 4.69) is 15.0 Å². The molecule has 0 spiro atoms. The summed E-state index contributed by atoms with van der Waals surface area (Å²) >= 11 is 1.69. The summed E-state index contributed by atoms with van der Waals surface area (Å²) in [5.41, 5.74) is 0.583. The summed E-state index contributed by atoms with van der Waals surface area (Å²) in [7, 11) is 1.33. The van der Waals surface area contributed by atoms with Crippen LogP contribution in [-0.4, -0.2) is 35.8 Å². The van der Waals surface area contributed by atoms with E-state index in [0.717, 1.165) is 5.03 Å². The van der Waals surface area contributed by atoms with E-state index < -0.39 is 0 Å². The third kappa shape index (κ3) is 4.74. The van der Waals surface area contributed by atoms with E-state index >= 15 is 0 Å². The van der Waals surface area contributed by atoms with Crippen LogP contribution in [0.1, 0.15) is 42.5 Å².